The van der Waals surface area contributed by atoms with E-state index < -0.39 is 20.6 Å². The zero-order chi connectivity index (χ0) is 15.2. The molecule has 8 heteroatoms. The minimum absolute atomic E-state index is 0.263. The van der Waals surface area contributed by atoms with E-state index in [1.54, 1.807) is 6.92 Å². The molecule has 0 unspecified atom stereocenters. The summed E-state index contributed by atoms with van der Waals surface area (Å²) >= 11 is 0. The maximum absolute atomic E-state index is 12.5. The van der Waals surface area contributed by atoms with Crippen molar-refractivity contribution in [3.8, 4) is 0 Å². The average molecular weight is 301 g/mol. The highest BCUT2D eigenvalue weighted by atomic mass is 32.2. The number of benzene rings is 1. The van der Waals surface area contributed by atoms with Gasteiger partial charge in [0, 0.05) is 19.2 Å². The van der Waals surface area contributed by atoms with Gasteiger partial charge in [-0.15, -0.1) is 0 Å². The second-order valence-corrected chi connectivity index (χ2v) is 6.12. The Labute approximate surface area is 118 Å². The van der Waals surface area contributed by atoms with Gasteiger partial charge in [-0.1, -0.05) is 19.1 Å². The van der Waals surface area contributed by atoms with Gasteiger partial charge in [0.1, 0.15) is 0 Å². The number of hydrogen-bond donors (Lipinski definition) is 1. The fourth-order valence-corrected chi connectivity index (χ4v) is 3.49. The molecule has 20 heavy (non-hydrogen) atoms. The van der Waals surface area contributed by atoms with Gasteiger partial charge in [0.05, 0.1) is 4.92 Å². The van der Waals surface area contributed by atoms with Crippen molar-refractivity contribution in [2.24, 2.45) is 5.73 Å². The zero-order valence-electron chi connectivity index (χ0n) is 11.4. The van der Waals surface area contributed by atoms with Crippen molar-refractivity contribution < 1.29 is 13.3 Å². The molecular weight excluding hydrogens is 282 g/mol. The Morgan fingerprint density at radius 2 is 1.95 bits per heavy atom. The summed E-state index contributed by atoms with van der Waals surface area (Å²) in [5.41, 5.74) is 4.98. The second kappa shape index (κ2) is 7.32. The lowest BCUT2D eigenvalue weighted by atomic mass is 10.3. The van der Waals surface area contributed by atoms with Crippen LogP contribution in [0.3, 0.4) is 0 Å². The first-order valence-electron chi connectivity index (χ1n) is 6.38. The smallest absolute Gasteiger partial charge is 0.289 e. The van der Waals surface area contributed by atoms with Crippen LogP contribution in [0, 0.1) is 10.1 Å². The van der Waals surface area contributed by atoms with Gasteiger partial charge in [-0.2, -0.15) is 4.31 Å². The molecule has 7 nitrogen and oxygen atoms in total. The molecule has 0 bridgehead atoms. The Hall–Kier alpha value is -1.51. The third kappa shape index (κ3) is 3.75. The van der Waals surface area contributed by atoms with E-state index >= 15 is 0 Å². The molecule has 1 aromatic rings. The summed E-state index contributed by atoms with van der Waals surface area (Å²) in [5.74, 6) is 0. The first kappa shape index (κ1) is 16.5. The molecule has 1 aromatic carbocycles. The van der Waals surface area contributed by atoms with Crippen LogP contribution in [-0.2, 0) is 10.0 Å². The van der Waals surface area contributed by atoms with Crippen LogP contribution >= 0.6 is 0 Å². The number of rotatable bonds is 8. The van der Waals surface area contributed by atoms with Gasteiger partial charge < -0.3 is 5.73 Å². The molecule has 0 heterocycles. The van der Waals surface area contributed by atoms with Crippen molar-refractivity contribution in [1.29, 1.82) is 0 Å². The lowest BCUT2D eigenvalue weighted by Gasteiger charge is -2.20. The Kier molecular flexibility index (Phi) is 6.05. The molecule has 0 aliphatic rings. The maximum atomic E-state index is 12.5. The van der Waals surface area contributed by atoms with Crippen molar-refractivity contribution in [2.75, 3.05) is 19.6 Å². The largest absolute Gasteiger partial charge is 0.330 e. The van der Waals surface area contributed by atoms with Gasteiger partial charge in [0.2, 0.25) is 10.0 Å². The summed E-state index contributed by atoms with van der Waals surface area (Å²) in [4.78, 5) is 10.0. The van der Waals surface area contributed by atoms with Crippen molar-refractivity contribution in [2.45, 2.75) is 24.7 Å². The number of nitro benzene ring substituents is 1. The first-order chi connectivity index (χ1) is 9.45. The molecule has 0 saturated heterocycles. The molecular formula is C12H19N3O4S. The van der Waals surface area contributed by atoms with Crippen LogP contribution in [-0.4, -0.2) is 37.3 Å². The predicted octanol–water partition coefficient (Wildman–Crippen LogP) is 1.34. The van der Waals surface area contributed by atoms with Gasteiger partial charge in [-0.05, 0) is 25.5 Å². The number of unbranched alkanes of at least 4 members (excludes halogenated alkanes) is 1. The molecule has 1 rings (SSSR count). The molecule has 0 spiro atoms. The Morgan fingerprint density at radius 3 is 2.50 bits per heavy atom. The van der Waals surface area contributed by atoms with Gasteiger partial charge in [0.15, 0.2) is 4.90 Å². The summed E-state index contributed by atoms with van der Waals surface area (Å²) < 4.78 is 26.2. The summed E-state index contributed by atoms with van der Waals surface area (Å²) in [7, 11) is -3.86. The Balaban J connectivity index is 3.11. The number of hydrogen-bond acceptors (Lipinski definition) is 5. The molecule has 0 saturated carbocycles. The van der Waals surface area contributed by atoms with Crippen LogP contribution in [0.4, 0.5) is 5.69 Å². The maximum Gasteiger partial charge on any atom is 0.289 e. The summed E-state index contributed by atoms with van der Waals surface area (Å²) in [6.45, 7) is 2.76. The number of sulfonamides is 1. The summed E-state index contributed by atoms with van der Waals surface area (Å²) in [6, 6.07) is 5.38. The van der Waals surface area contributed by atoms with E-state index in [4.69, 9.17) is 5.73 Å². The lowest BCUT2D eigenvalue weighted by Crippen LogP contribution is -2.32. The third-order valence-electron chi connectivity index (χ3n) is 2.89. The van der Waals surface area contributed by atoms with Gasteiger partial charge in [-0.25, -0.2) is 8.42 Å². The first-order valence-corrected chi connectivity index (χ1v) is 7.82. The zero-order valence-corrected chi connectivity index (χ0v) is 12.2. The molecule has 0 radical (unpaired) electrons. The topological polar surface area (TPSA) is 107 Å². The summed E-state index contributed by atoms with van der Waals surface area (Å²) in [6.07, 6.45) is 1.34. The van der Waals surface area contributed by atoms with E-state index in [1.165, 1.54) is 28.6 Å². The van der Waals surface area contributed by atoms with Crippen LogP contribution in [0.2, 0.25) is 0 Å². The van der Waals surface area contributed by atoms with Gasteiger partial charge in [-0.3, -0.25) is 10.1 Å². The lowest BCUT2D eigenvalue weighted by molar-refractivity contribution is -0.387. The Morgan fingerprint density at radius 1 is 1.30 bits per heavy atom. The quantitative estimate of drug-likeness (QED) is 0.443. The highest BCUT2D eigenvalue weighted by molar-refractivity contribution is 7.89. The number of nitrogens with two attached hydrogens (primary N) is 1. The van der Waals surface area contributed by atoms with Crippen molar-refractivity contribution in [3.63, 3.8) is 0 Å². The van der Waals surface area contributed by atoms with Crippen molar-refractivity contribution >= 4 is 15.7 Å². The van der Waals surface area contributed by atoms with E-state index in [-0.39, 0.29) is 11.4 Å². The molecule has 0 aromatic heterocycles. The predicted molar refractivity (Wildman–Crippen MR) is 75.8 cm³/mol. The highest BCUT2D eigenvalue weighted by Crippen LogP contribution is 2.26. The molecule has 0 amide bonds. The average Bonchev–Trinajstić information content (AvgIpc) is 2.43. The summed E-state index contributed by atoms with van der Waals surface area (Å²) in [5, 5.41) is 10.9. The van der Waals surface area contributed by atoms with E-state index in [0.717, 1.165) is 0 Å². The fourth-order valence-electron chi connectivity index (χ4n) is 1.85. The monoisotopic (exact) mass is 301 g/mol. The minimum atomic E-state index is -3.86. The molecule has 0 aliphatic carbocycles. The standard InChI is InChI=1S/C12H19N3O4S/c1-2-14(10-6-5-9-13)20(18,19)12-8-4-3-7-11(12)15(16)17/h3-4,7-8H,2,5-6,9-10,13H2,1H3. The number of nitrogens with zero attached hydrogens (tertiary/aromatic N) is 2. The van der Waals surface area contributed by atoms with Gasteiger partial charge in [0.25, 0.3) is 5.69 Å². The van der Waals surface area contributed by atoms with Crippen molar-refractivity contribution in [1.82, 2.24) is 4.31 Å². The SMILES string of the molecule is CCN(CCCCN)S(=O)(=O)c1ccccc1[N+](=O)[O-]. The fraction of sp³-hybridized carbons (Fsp3) is 0.500. The molecule has 0 fully saturated rings. The van der Waals surface area contributed by atoms with E-state index in [1.807, 2.05) is 0 Å². The second-order valence-electron chi connectivity index (χ2n) is 4.22. The minimum Gasteiger partial charge on any atom is -0.330 e. The van der Waals surface area contributed by atoms with Crippen LogP contribution in [0.5, 0.6) is 0 Å². The van der Waals surface area contributed by atoms with E-state index in [0.29, 0.717) is 25.9 Å². The molecule has 0 atom stereocenters. The molecule has 2 N–H and O–H groups in total. The Bertz CT molecular complexity index is 560. The van der Waals surface area contributed by atoms with Crippen LogP contribution in [0.1, 0.15) is 19.8 Å². The van der Waals surface area contributed by atoms with Crippen LogP contribution < -0.4 is 5.73 Å². The highest BCUT2D eigenvalue weighted by Gasteiger charge is 2.29. The number of nitro groups is 1. The normalized spacial score (nSPS) is 11.8. The molecule has 0 aliphatic heterocycles. The van der Waals surface area contributed by atoms with Gasteiger partial charge >= 0.3 is 0 Å². The van der Waals surface area contributed by atoms with Crippen LogP contribution in [0.25, 0.3) is 0 Å². The third-order valence-corrected chi connectivity index (χ3v) is 4.92. The number of para-hydroxylation sites is 1. The molecule has 112 valence electrons. The van der Waals surface area contributed by atoms with E-state index in [9.17, 15) is 18.5 Å². The van der Waals surface area contributed by atoms with Crippen molar-refractivity contribution in [3.05, 3.63) is 34.4 Å². The van der Waals surface area contributed by atoms with Crippen LogP contribution in [0.15, 0.2) is 29.2 Å². The van der Waals surface area contributed by atoms with E-state index in [2.05, 4.69) is 0 Å².